The van der Waals surface area contributed by atoms with Gasteiger partial charge in [-0.05, 0) is 55.2 Å². The number of aryl methyl sites for hydroxylation is 1. The predicted molar refractivity (Wildman–Crippen MR) is 130 cm³/mol. The monoisotopic (exact) mass is 457 g/mol. The topological polar surface area (TPSA) is 75.3 Å². The largest absolute Gasteiger partial charge is 0.495 e. The van der Waals surface area contributed by atoms with E-state index >= 15 is 0 Å². The number of benzene rings is 2. The van der Waals surface area contributed by atoms with E-state index in [1.54, 1.807) is 13.4 Å². The van der Waals surface area contributed by atoms with Crippen molar-refractivity contribution < 1.29 is 14.7 Å². The summed E-state index contributed by atoms with van der Waals surface area (Å²) < 4.78 is 7.64. The van der Waals surface area contributed by atoms with Crippen molar-refractivity contribution in [3.63, 3.8) is 0 Å². The van der Waals surface area contributed by atoms with Crippen molar-refractivity contribution in [1.82, 2.24) is 14.5 Å². The number of hydrogen-bond donors (Lipinski definition) is 1. The predicted octanol–water partition coefficient (Wildman–Crippen LogP) is 3.63. The number of aliphatic hydroxyl groups excluding tert-OH is 1. The molecule has 1 spiro atoms. The molecule has 8 nitrogen and oxygen atoms in total. The molecule has 0 saturated carbocycles. The Morgan fingerprint density at radius 1 is 1.21 bits per heavy atom. The van der Waals surface area contributed by atoms with Gasteiger partial charge in [0.2, 0.25) is 0 Å². The molecular weight excluding hydrogens is 430 g/mol. The van der Waals surface area contributed by atoms with Gasteiger partial charge in [0.1, 0.15) is 5.75 Å². The van der Waals surface area contributed by atoms with Crippen LogP contribution in [0.2, 0.25) is 0 Å². The van der Waals surface area contributed by atoms with Crippen LogP contribution in [0.25, 0.3) is 11.8 Å². The molecule has 0 radical (unpaired) electrons. The Bertz CT molecular complexity index is 1330. The number of fused-ring (bicyclic) bond motifs is 4. The number of piperidine rings is 1. The molecule has 8 heteroatoms. The number of hydrogen-bond acceptors (Lipinski definition) is 7. The molecule has 174 valence electrons. The molecule has 1 N–H and O–H groups in total. The second-order valence-corrected chi connectivity index (χ2v) is 8.98. The maximum Gasteiger partial charge on any atom is 0.284 e. The lowest BCUT2D eigenvalue weighted by molar-refractivity contribution is -0.169. The summed E-state index contributed by atoms with van der Waals surface area (Å²) in [5.74, 6) is 1.55. The maximum absolute atomic E-state index is 11.2. The molecular formula is C26H27N5O3. The summed E-state index contributed by atoms with van der Waals surface area (Å²) in [7, 11) is 3.56. The van der Waals surface area contributed by atoms with E-state index in [9.17, 15) is 5.11 Å². The van der Waals surface area contributed by atoms with Crippen molar-refractivity contribution in [2.75, 3.05) is 25.6 Å². The molecule has 2 aromatic carbocycles. The lowest BCUT2D eigenvalue weighted by Crippen LogP contribution is -2.56. The van der Waals surface area contributed by atoms with Crippen LogP contribution >= 0.6 is 0 Å². The number of imidazole rings is 1. The molecule has 2 atom stereocenters. The van der Waals surface area contributed by atoms with Crippen molar-refractivity contribution in [1.29, 1.82) is 0 Å². The Kier molecular flexibility index (Phi) is 4.67. The van der Waals surface area contributed by atoms with Crippen LogP contribution < -0.4 is 9.64 Å². The Hall–Kier alpha value is -3.78. The quantitative estimate of drug-likeness (QED) is 0.647. The summed E-state index contributed by atoms with van der Waals surface area (Å²) in [5, 5.41) is 15.7. The smallest absolute Gasteiger partial charge is 0.284 e. The first-order chi connectivity index (χ1) is 16.5. The second kappa shape index (κ2) is 7.63. The summed E-state index contributed by atoms with van der Waals surface area (Å²) in [4.78, 5) is 14.4. The van der Waals surface area contributed by atoms with Gasteiger partial charge < -0.3 is 29.0 Å². The number of anilines is 1. The van der Waals surface area contributed by atoms with Crippen LogP contribution in [0.4, 0.5) is 5.69 Å². The molecule has 6 rings (SSSR count). The van der Waals surface area contributed by atoms with E-state index in [1.807, 2.05) is 66.0 Å². The van der Waals surface area contributed by atoms with E-state index in [0.29, 0.717) is 0 Å². The van der Waals surface area contributed by atoms with Gasteiger partial charge in [-0.3, -0.25) is 0 Å². The minimum atomic E-state index is -1.03. The lowest BCUT2D eigenvalue weighted by Gasteiger charge is -2.39. The fraction of sp³-hybridized carbons (Fsp3) is 0.308. The highest BCUT2D eigenvalue weighted by Crippen LogP contribution is 2.51. The first-order valence-corrected chi connectivity index (χ1v) is 11.5. The van der Waals surface area contributed by atoms with Crippen molar-refractivity contribution in [2.45, 2.75) is 31.7 Å². The third kappa shape index (κ3) is 2.88. The number of ether oxygens (including phenoxy) is 1. The van der Waals surface area contributed by atoms with Crippen LogP contribution in [0.1, 0.15) is 29.7 Å². The van der Waals surface area contributed by atoms with Crippen LogP contribution in [-0.4, -0.2) is 52.3 Å². The number of rotatable bonds is 3. The molecule has 34 heavy (non-hydrogen) atoms. The van der Waals surface area contributed by atoms with E-state index in [0.717, 1.165) is 64.7 Å². The highest BCUT2D eigenvalue weighted by Gasteiger charge is 2.61. The van der Waals surface area contributed by atoms with Crippen molar-refractivity contribution in [2.24, 2.45) is 5.16 Å². The zero-order valence-corrected chi connectivity index (χ0v) is 19.5. The first kappa shape index (κ1) is 20.8. The summed E-state index contributed by atoms with van der Waals surface area (Å²) in [5.41, 5.74) is 4.85. The summed E-state index contributed by atoms with van der Waals surface area (Å²) in [6.07, 6.45) is 6.86. The molecule has 3 aliphatic heterocycles. The van der Waals surface area contributed by atoms with Crippen molar-refractivity contribution in [3.05, 3.63) is 77.4 Å². The van der Waals surface area contributed by atoms with Gasteiger partial charge in [0.05, 0.1) is 24.8 Å². The van der Waals surface area contributed by atoms with Crippen LogP contribution in [0.3, 0.4) is 0 Å². The van der Waals surface area contributed by atoms with Gasteiger partial charge in [0, 0.05) is 31.0 Å². The molecule has 3 aromatic rings. The van der Waals surface area contributed by atoms with Crippen LogP contribution in [-0.2, 0) is 10.6 Å². The molecule has 0 amide bonds. The van der Waals surface area contributed by atoms with E-state index in [1.165, 1.54) is 0 Å². The average molecular weight is 458 g/mol. The normalized spacial score (nSPS) is 24.3. The van der Waals surface area contributed by atoms with Gasteiger partial charge in [-0.2, -0.15) is 0 Å². The summed E-state index contributed by atoms with van der Waals surface area (Å²) in [6.45, 7) is 2.73. The molecule has 1 aromatic heterocycles. The molecule has 3 aliphatic rings. The number of methoxy groups -OCH3 is 1. The summed E-state index contributed by atoms with van der Waals surface area (Å²) in [6, 6.07) is 14.1. The van der Waals surface area contributed by atoms with E-state index < -0.39 is 12.0 Å². The SMILES string of the molecule is COc1cc(C=C2CCCN3C2=NOC32c3ccccc3N(C)C2O)ccc1-n1cnc(C)c1. The van der Waals surface area contributed by atoms with E-state index in [2.05, 4.69) is 27.2 Å². The Balaban J connectivity index is 1.36. The van der Waals surface area contributed by atoms with Crippen LogP contribution in [0.15, 0.2) is 65.7 Å². The number of oxime groups is 1. The average Bonchev–Trinajstić information content (AvgIpc) is 3.53. The fourth-order valence-electron chi connectivity index (χ4n) is 5.30. The minimum absolute atomic E-state index is 0.762. The number of likely N-dealkylation sites (N-methyl/N-ethyl adjacent to an activating group) is 1. The van der Waals surface area contributed by atoms with Gasteiger partial charge in [0.25, 0.3) is 5.72 Å². The standard InChI is InChI=1S/C26H27N5O3/c1-17-15-30(16-27-17)22-11-10-18(14-23(22)33-3)13-19-7-6-12-31-24(19)28-34-26(31)20-8-4-5-9-21(20)29(2)25(26)32/h4-5,8-11,13-16,25,32H,6-7,12H2,1-3H3. The van der Waals surface area contributed by atoms with Gasteiger partial charge in [-0.25, -0.2) is 4.98 Å². The number of para-hydroxylation sites is 1. The fourth-order valence-corrected chi connectivity index (χ4v) is 5.30. The van der Waals surface area contributed by atoms with Gasteiger partial charge in [0.15, 0.2) is 12.1 Å². The molecule has 4 heterocycles. The van der Waals surface area contributed by atoms with E-state index in [4.69, 9.17) is 9.57 Å². The Morgan fingerprint density at radius 3 is 2.85 bits per heavy atom. The van der Waals surface area contributed by atoms with Crippen molar-refractivity contribution in [3.8, 4) is 11.4 Å². The van der Waals surface area contributed by atoms with Crippen LogP contribution in [0, 0.1) is 6.92 Å². The minimum Gasteiger partial charge on any atom is -0.495 e. The molecule has 2 unspecified atom stereocenters. The van der Waals surface area contributed by atoms with Crippen molar-refractivity contribution >= 4 is 17.6 Å². The molecule has 0 aliphatic carbocycles. The second-order valence-electron chi connectivity index (χ2n) is 8.98. The number of aromatic nitrogens is 2. The molecule has 0 bridgehead atoms. The van der Waals surface area contributed by atoms with Crippen LogP contribution in [0.5, 0.6) is 5.75 Å². The third-order valence-corrected chi connectivity index (χ3v) is 6.96. The number of amidine groups is 1. The number of aliphatic hydroxyl groups is 1. The highest BCUT2D eigenvalue weighted by atomic mass is 16.7. The zero-order valence-electron chi connectivity index (χ0n) is 19.5. The summed E-state index contributed by atoms with van der Waals surface area (Å²) >= 11 is 0. The Morgan fingerprint density at radius 2 is 2.06 bits per heavy atom. The molecule has 1 saturated heterocycles. The van der Waals surface area contributed by atoms with Gasteiger partial charge in [-0.15, -0.1) is 0 Å². The third-order valence-electron chi connectivity index (χ3n) is 6.96. The van der Waals surface area contributed by atoms with Gasteiger partial charge in [-0.1, -0.05) is 29.4 Å². The zero-order chi connectivity index (χ0) is 23.4. The number of nitrogens with zero attached hydrogens (tertiary/aromatic N) is 5. The Labute approximate surface area is 198 Å². The lowest BCUT2D eigenvalue weighted by atomic mass is 9.94. The molecule has 1 fully saturated rings. The van der Waals surface area contributed by atoms with Gasteiger partial charge >= 0.3 is 0 Å². The maximum atomic E-state index is 11.2. The highest BCUT2D eigenvalue weighted by molar-refractivity contribution is 6.04. The first-order valence-electron chi connectivity index (χ1n) is 11.5. The van der Waals surface area contributed by atoms with E-state index in [-0.39, 0.29) is 0 Å².